The van der Waals surface area contributed by atoms with E-state index in [4.69, 9.17) is 10.8 Å². The summed E-state index contributed by atoms with van der Waals surface area (Å²) in [4.78, 5) is 31.7. The van der Waals surface area contributed by atoms with Crippen LogP contribution < -0.4 is 16.4 Å². The second-order valence-electron chi connectivity index (χ2n) is 4.79. The molecular formula is C12H15N5O6S2. The molecule has 0 spiro atoms. The summed E-state index contributed by atoms with van der Waals surface area (Å²) in [5.74, 6) is -2.47. The van der Waals surface area contributed by atoms with Crippen molar-refractivity contribution in [2.75, 3.05) is 25.1 Å². The molecule has 13 heteroatoms. The maximum atomic E-state index is 12.3. The molecule has 11 nitrogen and oxygen atoms in total. The first-order valence-electron chi connectivity index (χ1n) is 6.77. The first-order valence-corrected chi connectivity index (χ1v) is 9.36. The first-order chi connectivity index (χ1) is 11.7. The number of nitrogens with two attached hydrogens (primary N) is 1. The first kappa shape index (κ1) is 18.7. The number of aliphatic carboxylic acids is 1. The molecule has 1 amide bonds. The van der Waals surface area contributed by atoms with Crippen molar-refractivity contribution in [3.05, 3.63) is 22.8 Å². The number of sulfone groups is 1. The van der Waals surface area contributed by atoms with Gasteiger partial charge < -0.3 is 26.3 Å². The fraction of sp³-hybridized carbons (Fsp3) is 0.333. The zero-order chi connectivity index (χ0) is 18.6. The fourth-order valence-corrected chi connectivity index (χ4v) is 3.75. The standard InChI is InChI=1S/C12H15N5O6S2/c1-23-17-9(7-5-24-12(13)16-7)10(18)14-4-8-15-6(11(19)20)2-3-25(8,21)22/h2,5,8,15H,3-4H2,1H3,(H2,13,16)(H,14,18)(H,19,20)/b17-9-. The molecule has 1 aliphatic heterocycles. The lowest BCUT2D eigenvalue weighted by molar-refractivity contribution is -0.133. The number of nitrogens with one attached hydrogen (secondary N) is 2. The van der Waals surface area contributed by atoms with Crippen molar-refractivity contribution in [2.24, 2.45) is 5.16 Å². The van der Waals surface area contributed by atoms with Crippen LogP contribution in [0.25, 0.3) is 0 Å². The van der Waals surface area contributed by atoms with Crippen LogP contribution in [0.5, 0.6) is 0 Å². The Bertz CT molecular complexity index is 844. The van der Waals surface area contributed by atoms with Crippen molar-refractivity contribution in [3.8, 4) is 0 Å². The number of thiazole rings is 1. The van der Waals surface area contributed by atoms with Gasteiger partial charge in [-0.25, -0.2) is 18.2 Å². The maximum Gasteiger partial charge on any atom is 0.351 e. The van der Waals surface area contributed by atoms with E-state index in [2.05, 4.69) is 25.6 Å². The number of hydrogen-bond donors (Lipinski definition) is 4. The van der Waals surface area contributed by atoms with Crippen LogP contribution in [0.15, 0.2) is 22.3 Å². The average molecular weight is 389 g/mol. The third-order valence-electron chi connectivity index (χ3n) is 3.11. The molecule has 0 radical (unpaired) electrons. The molecular weight excluding hydrogens is 374 g/mol. The van der Waals surface area contributed by atoms with E-state index < -0.39 is 32.8 Å². The summed E-state index contributed by atoms with van der Waals surface area (Å²) >= 11 is 1.09. The molecule has 0 fully saturated rings. The minimum atomic E-state index is -3.65. The van der Waals surface area contributed by atoms with Gasteiger partial charge >= 0.3 is 5.97 Å². The van der Waals surface area contributed by atoms with Crippen molar-refractivity contribution < 1.29 is 28.0 Å². The van der Waals surface area contributed by atoms with Crippen LogP contribution in [0, 0.1) is 0 Å². The van der Waals surface area contributed by atoms with Gasteiger partial charge in [-0.2, -0.15) is 0 Å². The number of carboxylic acids is 1. The minimum Gasteiger partial charge on any atom is -0.477 e. The molecule has 0 saturated carbocycles. The summed E-state index contributed by atoms with van der Waals surface area (Å²) < 4.78 is 24.0. The second-order valence-corrected chi connectivity index (χ2v) is 7.91. The molecule has 25 heavy (non-hydrogen) atoms. The topological polar surface area (TPSA) is 173 Å². The predicted molar refractivity (Wildman–Crippen MR) is 89.5 cm³/mol. The number of carbonyl (C=O) groups excluding carboxylic acids is 1. The Balaban J connectivity index is 2.11. The van der Waals surface area contributed by atoms with Crippen LogP contribution in [0.3, 0.4) is 0 Å². The number of hydrogen-bond acceptors (Lipinski definition) is 10. The van der Waals surface area contributed by atoms with Crippen molar-refractivity contribution in [1.82, 2.24) is 15.6 Å². The van der Waals surface area contributed by atoms with Crippen LogP contribution in [0.2, 0.25) is 0 Å². The molecule has 0 saturated heterocycles. The number of carbonyl (C=O) groups is 2. The van der Waals surface area contributed by atoms with E-state index in [-0.39, 0.29) is 28.8 Å². The molecule has 1 atom stereocenters. The van der Waals surface area contributed by atoms with Gasteiger partial charge in [-0.15, -0.1) is 11.3 Å². The Kier molecular flexibility index (Phi) is 5.58. The van der Waals surface area contributed by atoms with Crippen LogP contribution in [0.1, 0.15) is 5.69 Å². The van der Waals surface area contributed by atoms with Crippen molar-refractivity contribution in [3.63, 3.8) is 0 Å². The van der Waals surface area contributed by atoms with Gasteiger partial charge in [0.15, 0.2) is 20.7 Å². The summed E-state index contributed by atoms with van der Waals surface area (Å²) in [7, 11) is -2.42. The number of nitrogen functional groups attached to an aromatic ring is 1. The monoisotopic (exact) mass is 389 g/mol. The third kappa shape index (κ3) is 4.45. The van der Waals surface area contributed by atoms with Crippen LogP contribution in [-0.2, 0) is 24.3 Å². The highest BCUT2D eigenvalue weighted by Crippen LogP contribution is 2.13. The minimum absolute atomic E-state index is 0.174. The van der Waals surface area contributed by atoms with Gasteiger partial charge in [-0.1, -0.05) is 5.16 Å². The van der Waals surface area contributed by atoms with Crippen molar-refractivity contribution in [1.29, 1.82) is 0 Å². The molecule has 2 rings (SSSR count). The lowest BCUT2D eigenvalue weighted by atomic mass is 10.3. The summed E-state index contributed by atoms with van der Waals surface area (Å²) in [5, 5.41) is 17.7. The highest BCUT2D eigenvalue weighted by Gasteiger charge is 2.32. The van der Waals surface area contributed by atoms with Crippen molar-refractivity contribution in [2.45, 2.75) is 5.37 Å². The molecule has 0 aliphatic carbocycles. The summed E-state index contributed by atoms with van der Waals surface area (Å²) in [6.07, 6.45) is 1.06. The third-order valence-corrected chi connectivity index (χ3v) is 5.57. The average Bonchev–Trinajstić information content (AvgIpc) is 2.96. The van der Waals surface area contributed by atoms with E-state index in [1.807, 2.05) is 0 Å². The van der Waals surface area contributed by atoms with Gasteiger partial charge in [-0.3, -0.25) is 4.79 Å². The number of nitrogens with zero attached hydrogens (tertiary/aromatic N) is 2. The number of amides is 1. The lowest BCUT2D eigenvalue weighted by Gasteiger charge is -2.24. The molecule has 1 aliphatic rings. The van der Waals surface area contributed by atoms with Gasteiger partial charge in [0.05, 0.1) is 12.3 Å². The molecule has 1 aromatic heterocycles. The van der Waals surface area contributed by atoms with E-state index in [0.717, 1.165) is 17.4 Å². The summed E-state index contributed by atoms with van der Waals surface area (Å²) in [5.41, 5.74) is 5.26. The SMILES string of the molecule is CO/N=C(\C(=O)NCC1NC(C(=O)O)=CCS1(=O)=O)c1csc(N)n1. The molecule has 2 heterocycles. The zero-order valence-electron chi connectivity index (χ0n) is 12.9. The highest BCUT2D eigenvalue weighted by molar-refractivity contribution is 7.92. The Morgan fingerprint density at radius 3 is 2.88 bits per heavy atom. The molecule has 1 unspecified atom stereocenters. The Morgan fingerprint density at radius 2 is 2.32 bits per heavy atom. The Morgan fingerprint density at radius 1 is 1.60 bits per heavy atom. The Labute approximate surface area is 146 Å². The predicted octanol–water partition coefficient (Wildman–Crippen LogP) is -1.50. The number of anilines is 1. The normalized spacial score (nSPS) is 19.5. The maximum absolute atomic E-state index is 12.3. The van der Waals surface area contributed by atoms with Gasteiger partial charge in [0.25, 0.3) is 5.91 Å². The van der Waals surface area contributed by atoms with Crippen LogP contribution in [-0.4, -0.2) is 60.9 Å². The molecule has 1 aromatic rings. The molecule has 0 aromatic carbocycles. The van der Waals surface area contributed by atoms with Crippen LogP contribution >= 0.6 is 11.3 Å². The molecule has 5 N–H and O–H groups in total. The molecule has 136 valence electrons. The van der Waals surface area contributed by atoms with E-state index >= 15 is 0 Å². The van der Waals surface area contributed by atoms with Crippen molar-refractivity contribution >= 4 is 43.9 Å². The zero-order valence-corrected chi connectivity index (χ0v) is 14.6. The number of oxime groups is 1. The summed E-state index contributed by atoms with van der Waals surface area (Å²) in [6.45, 7) is -0.367. The van der Waals surface area contributed by atoms with Gasteiger partial charge in [0, 0.05) is 5.38 Å². The number of aromatic nitrogens is 1. The summed E-state index contributed by atoms with van der Waals surface area (Å²) in [6, 6.07) is 0. The Hall–Kier alpha value is -2.67. The second kappa shape index (κ2) is 7.48. The van der Waals surface area contributed by atoms with E-state index in [1.165, 1.54) is 12.5 Å². The highest BCUT2D eigenvalue weighted by atomic mass is 32.2. The lowest BCUT2D eigenvalue weighted by Crippen LogP contribution is -2.50. The van der Waals surface area contributed by atoms with E-state index in [0.29, 0.717) is 0 Å². The smallest absolute Gasteiger partial charge is 0.351 e. The van der Waals surface area contributed by atoms with Gasteiger partial charge in [-0.05, 0) is 6.08 Å². The quantitative estimate of drug-likeness (QED) is 0.334. The van der Waals surface area contributed by atoms with Crippen LogP contribution in [0.4, 0.5) is 5.13 Å². The fourth-order valence-electron chi connectivity index (χ4n) is 1.93. The largest absolute Gasteiger partial charge is 0.477 e. The van der Waals surface area contributed by atoms with Gasteiger partial charge in [0.1, 0.15) is 23.9 Å². The number of rotatable bonds is 6. The van der Waals surface area contributed by atoms with Gasteiger partial charge in [0.2, 0.25) is 0 Å². The van der Waals surface area contributed by atoms with E-state index in [9.17, 15) is 18.0 Å². The van der Waals surface area contributed by atoms with E-state index in [1.54, 1.807) is 0 Å². The number of carboxylic acid groups (broad SMARTS) is 1. The molecule has 0 bridgehead atoms.